The fourth-order valence-electron chi connectivity index (χ4n) is 0.700. The third-order valence-corrected chi connectivity index (χ3v) is 2.67. The number of hydrogen-bond acceptors (Lipinski definition) is 6. The van der Waals surface area contributed by atoms with Gasteiger partial charge >= 0.3 is 7.32 Å². The van der Waals surface area contributed by atoms with Crippen LogP contribution in [0.15, 0.2) is 12.4 Å². The zero-order chi connectivity index (χ0) is 15.3. The van der Waals surface area contributed by atoms with Gasteiger partial charge in [-0.3, -0.25) is 4.68 Å². The summed E-state index contributed by atoms with van der Waals surface area (Å²) in [6, 6.07) is 0. The minimum Gasteiger partial charge on any atom is -0.509 e. The van der Waals surface area contributed by atoms with Crippen LogP contribution in [0, 0.1) is 0 Å². The van der Waals surface area contributed by atoms with Crippen molar-refractivity contribution in [1.29, 1.82) is 0 Å². The summed E-state index contributed by atoms with van der Waals surface area (Å²) >= 11 is 0. The third kappa shape index (κ3) is 7.17. The fraction of sp³-hybridized carbons (Fsp3) is 0.727. The molecule has 1 aromatic rings. The van der Waals surface area contributed by atoms with Crippen LogP contribution in [-0.2, 0) is 6.54 Å². The van der Waals surface area contributed by atoms with E-state index in [1.54, 1.807) is 38.6 Å². The molecule has 19 heavy (non-hydrogen) atoms. The second-order valence-corrected chi connectivity index (χ2v) is 5.09. The van der Waals surface area contributed by atoms with Crippen LogP contribution in [-0.4, -0.2) is 48.6 Å². The number of aromatic nitrogens is 2. The van der Waals surface area contributed by atoms with Crippen molar-refractivity contribution in [1.82, 2.24) is 9.78 Å². The molecule has 0 bridgehead atoms. The van der Waals surface area contributed by atoms with Crippen molar-refractivity contribution >= 4 is 7.32 Å². The van der Waals surface area contributed by atoms with Gasteiger partial charge in [0.05, 0.1) is 23.6 Å². The molecular weight excluding hydrogens is 251 g/mol. The average Bonchev–Trinajstić information content (AvgIpc) is 2.62. The molecule has 0 fully saturated rings. The van der Waals surface area contributed by atoms with E-state index < -0.39 is 18.5 Å². The number of rotatable bonds is 4. The molecule has 1 heterocycles. The monoisotopic (exact) mass is 274 g/mol. The van der Waals surface area contributed by atoms with Crippen LogP contribution in [0.4, 0.5) is 0 Å². The van der Waals surface area contributed by atoms with Crippen molar-refractivity contribution < 1.29 is 24.9 Å². The lowest BCUT2D eigenvalue weighted by molar-refractivity contribution is -0.107. The summed E-state index contributed by atoms with van der Waals surface area (Å²) in [5.74, 6) is 0.349. The summed E-state index contributed by atoms with van der Waals surface area (Å²) in [5.41, 5.74) is -2.01. The number of aliphatic hydroxyl groups is 2. The molecule has 0 aliphatic rings. The molecule has 0 unspecified atom stereocenters. The highest BCUT2D eigenvalue weighted by atomic mass is 16.6. The van der Waals surface area contributed by atoms with Gasteiger partial charge in [0.15, 0.2) is 0 Å². The number of nitrogens with zero attached hydrogens (tertiary/aromatic N) is 2. The van der Waals surface area contributed by atoms with E-state index in [-0.39, 0.29) is 0 Å². The molecule has 0 aromatic carbocycles. The van der Waals surface area contributed by atoms with Gasteiger partial charge < -0.3 is 24.9 Å². The van der Waals surface area contributed by atoms with Crippen LogP contribution in [0.1, 0.15) is 34.6 Å². The first-order valence-electron chi connectivity index (χ1n) is 5.97. The van der Waals surface area contributed by atoms with E-state index in [1.807, 2.05) is 6.92 Å². The van der Waals surface area contributed by atoms with Gasteiger partial charge in [0.1, 0.15) is 5.75 Å². The molecule has 0 aliphatic heterocycles. The van der Waals surface area contributed by atoms with Gasteiger partial charge in [-0.1, -0.05) is 0 Å². The van der Waals surface area contributed by atoms with Gasteiger partial charge in [0, 0.05) is 6.54 Å². The lowest BCUT2D eigenvalue weighted by Crippen LogP contribution is -2.44. The maximum Gasteiger partial charge on any atom is 0.707 e. The van der Waals surface area contributed by atoms with Crippen molar-refractivity contribution in [3.05, 3.63) is 12.4 Å². The summed E-state index contributed by atoms with van der Waals surface area (Å²) in [6.07, 6.45) is 3.00. The number of hydrogen-bond donors (Lipinski definition) is 4. The Labute approximate surface area is 113 Å². The second kappa shape index (κ2) is 6.90. The molecule has 1 aromatic heterocycles. The van der Waals surface area contributed by atoms with Gasteiger partial charge in [0.25, 0.3) is 0 Å². The smallest absolute Gasteiger partial charge is 0.509 e. The molecule has 1 rings (SSSR count). The largest absolute Gasteiger partial charge is 0.707 e. The van der Waals surface area contributed by atoms with E-state index in [9.17, 15) is 0 Å². The minimum absolute atomic E-state index is 0.349. The van der Waals surface area contributed by atoms with Crippen molar-refractivity contribution in [2.75, 3.05) is 0 Å². The molecule has 0 radical (unpaired) electrons. The van der Waals surface area contributed by atoms with E-state index >= 15 is 0 Å². The molecule has 0 atom stereocenters. The van der Waals surface area contributed by atoms with Crippen LogP contribution in [0.25, 0.3) is 0 Å². The van der Waals surface area contributed by atoms with Crippen molar-refractivity contribution in [2.24, 2.45) is 0 Å². The molecule has 110 valence electrons. The standard InChI is InChI=1S/C6H14O2.C5H9BN2O3/c1-5(2,7)6(3,4)8;1-2-8-4-5(3-7-8)11-6(9)10/h7-8H,1-4H3;3-4,9-10H,2H2,1H3. The predicted molar refractivity (Wildman–Crippen MR) is 71.3 cm³/mol. The Morgan fingerprint density at radius 2 is 1.68 bits per heavy atom. The SMILES string of the molecule is CC(C)(O)C(C)(C)O.CCn1cc(OB(O)O)cn1. The van der Waals surface area contributed by atoms with E-state index in [0.717, 1.165) is 6.54 Å². The minimum atomic E-state index is -1.77. The van der Waals surface area contributed by atoms with Gasteiger partial charge in [-0.15, -0.1) is 0 Å². The van der Waals surface area contributed by atoms with E-state index in [4.69, 9.17) is 20.3 Å². The summed E-state index contributed by atoms with van der Waals surface area (Å²) in [7, 11) is -1.77. The second-order valence-electron chi connectivity index (χ2n) is 5.09. The van der Waals surface area contributed by atoms with E-state index in [2.05, 4.69) is 9.75 Å². The first kappa shape index (κ1) is 17.9. The molecule has 7 nitrogen and oxygen atoms in total. The Morgan fingerprint density at radius 1 is 1.21 bits per heavy atom. The zero-order valence-corrected chi connectivity index (χ0v) is 12.0. The van der Waals surface area contributed by atoms with Crippen molar-refractivity contribution in [2.45, 2.75) is 52.4 Å². The van der Waals surface area contributed by atoms with Crippen LogP contribution in [0.5, 0.6) is 5.75 Å². The Kier molecular flexibility index (Phi) is 6.51. The zero-order valence-electron chi connectivity index (χ0n) is 12.0. The third-order valence-electron chi connectivity index (χ3n) is 2.67. The molecule has 8 heteroatoms. The Balaban J connectivity index is 0.000000362. The highest BCUT2D eigenvalue weighted by Gasteiger charge is 2.31. The number of aryl methyl sites for hydroxylation is 1. The topological polar surface area (TPSA) is 108 Å². The highest BCUT2D eigenvalue weighted by Crippen LogP contribution is 2.19. The maximum absolute atomic E-state index is 9.10. The predicted octanol–water partition coefficient (Wildman–Crippen LogP) is -0.221. The molecule has 0 spiro atoms. The first-order chi connectivity index (χ1) is 8.47. The average molecular weight is 274 g/mol. The quantitative estimate of drug-likeness (QED) is 0.565. The van der Waals surface area contributed by atoms with Crippen LogP contribution in [0.3, 0.4) is 0 Å². The first-order valence-corrected chi connectivity index (χ1v) is 5.97. The Morgan fingerprint density at radius 3 is 1.95 bits per heavy atom. The summed E-state index contributed by atoms with van der Waals surface area (Å²) in [6.45, 7) is 8.96. The van der Waals surface area contributed by atoms with Gasteiger partial charge in [-0.2, -0.15) is 5.10 Å². The maximum atomic E-state index is 9.10. The normalized spacial score (nSPS) is 11.6. The Bertz CT molecular complexity index is 356. The molecule has 0 saturated heterocycles. The molecule has 0 amide bonds. The molecule has 0 aliphatic carbocycles. The van der Waals surface area contributed by atoms with Crippen LogP contribution < -0.4 is 4.65 Å². The van der Waals surface area contributed by atoms with Crippen LogP contribution in [0.2, 0.25) is 0 Å². The fourth-order valence-corrected chi connectivity index (χ4v) is 0.700. The van der Waals surface area contributed by atoms with Gasteiger partial charge in [-0.25, -0.2) is 0 Å². The highest BCUT2D eigenvalue weighted by molar-refractivity contribution is 6.33. The summed E-state index contributed by atoms with van der Waals surface area (Å²) < 4.78 is 6.15. The van der Waals surface area contributed by atoms with E-state index in [1.165, 1.54) is 6.20 Å². The lowest BCUT2D eigenvalue weighted by Gasteiger charge is -2.31. The van der Waals surface area contributed by atoms with Crippen molar-refractivity contribution in [3.8, 4) is 5.75 Å². The van der Waals surface area contributed by atoms with E-state index in [0.29, 0.717) is 5.75 Å². The van der Waals surface area contributed by atoms with Crippen LogP contribution >= 0.6 is 0 Å². The lowest BCUT2D eigenvalue weighted by atomic mass is 9.90. The summed E-state index contributed by atoms with van der Waals surface area (Å²) in [5, 5.41) is 38.8. The summed E-state index contributed by atoms with van der Waals surface area (Å²) in [4.78, 5) is 0. The van der Waals surface area contributed by atoms with Gasteiger partial charge in [0.2, 0.25) is 0 Å². The van der Waals surface area contributed by atoms with Gasteiger partial charge in [-0.05, 0) is 34.6 Å². The Hall–Kier alpha value is -1.09. The van der Waals surface area contributed by atoms with Crippen molar-refractivity contribution in [3.63, 3.8) is 0 Å². The molecular formula is C11H23BN2O5. The molecule has 4 N–H and O–H groups in total. The molecule has 0 saturated carbocycles.